The predicted molar refractivity (Wildman–Crippen MR) is 73.5 cm³/mol. The van der Waals surface area contributed by atoms with E-state index in [-0.39, 0.29) is 20.9 Å². The third kappa shape index (κ3) is 3.05. The summed E-state index contributed by atoms with van der Waals surface area (Å²) in [7, 11) is -4.10. The minimum atomic E-state index is -4.10. The van der Waals surface area contributed by atoms with E-state index < -0.39 is 21.8 Å². The summed E-state index contributed by atoms with van der Waals surface area (Å²) in [5.41, 5.74) is 5.22. The van der Waals surface area contributed by atoms with Gasteiger partial charge in [-0.15, -0.1) is 0 Å². The number of hydrogen-bond acceptors (Lipinski definition) is 4. The molecule has 0 fully saturated rings. The molecule has 0 unspecified atom stereocenters. The number of nitrogens with zero attached hydrogens (tertiary/aromatic N) is 1. The van der Waals surface area contributed by atoms with E-state index in [1.54, 1.807) is 0 Å². The molecule has 1 heterocycles. The second kappa shape index (κ2) is 5.33. The fourth-order valence-corrected chi connectivity index (χ4v) is 3.07. The number of sulfonamides is 1. The summed E-state index contributed by atoms with van der Waals surface area (Å²) >= 11 is 2.87. The van der Waals surface area contributed by atoms with Crippen molar-refractivity contribution in [1.29, 1.82) is 0 Å². The lowest BCUT2D eigenvalue weighted by atomic mass is 10.3. The van der Waals surface area contributed by atoms with E-state index >= 15 is 0 Å². The Bertz CT molecular complexity index is 768. The summed E-state index contributed by atoms with van der Waals surface area (Å²) in [4.78, 5) is 3.03. The van der Waals surface area contributed by atoms with Gasteiger partial charge in [0, 0.05) is 0 Å². The highest BCUT2D eigenvalue weighted by Gasteiger charge is 2.20. The van der Waals surface area contributed by atoms with Crippen LogP contribution in [0.3, 0.4) is 0 Å². The van der Waals surface area contributed by atoms with Crippen LogP contribution in [0.5, 0.6) is 0 Å². The van der Waals surface area contributed by atoms with Gasteiger partial charge in [-0.05, 0) is 40.2 Å². The zero-order valence-electron chi connectivity index (χ0n) is 9.77. The van der Waals surface area contributed by atoms with Crippen molar-refractivity contribution >= 4 is 37.5 Å². The van der Waals surface area contributed by atoms with Gasteiger partial charge in [0.15, 0.2) is 0 Å². The van der Waals surface area contributed by atoms with Gasteiger partial charge >= 0.3 is 0 Å². The molecule has 0 bridgehead atoms. The predicted octanol–water partition coefficient (Wildman–Crippen LogP) is 2.51. The van der Waals surface area contributed by atoms with Crippen LogP contribution in [0.2, 0.25) is 0 Å². The molecule has 0 saturated carbocycles. The zero-order valence-corrected chi connectivity index (χ0v) is 12.2. The molecule has 0 aliphatic heterocycles. The van der Waals surface area contributed by atoms with E-state index in [4.69, 9.17) is 5.73 Å². The number of aromatic nitrogens is 1. The summed E-state index contributed by atoms with van der Waals surface area (Å²) in [6, 6.07) is 5.53. The molecule has 1 aromatic carbocycles. The Labute approximate surface area is 122 Å². The molecular weight excluding hydrogens is 356 g/mol. The molecule has 0 atom stereocenters. The lowest BCUT2D eigenvalue weighted by Gasteiger charge is -2.10. The summed E-state index contributed by atoms with van der Waals surface area (Å²) < 4.78 is 52.3. The molecular formula is C11H8BrF2N3O2S. The van der Waals surface area contributed by atoms with Gasteiger partial charge in [0.25, 0.3) is 10.0 Å². The van der Waals surface area contributed by atoms with Crippen LogP contribution in [0.1, 0.15) is 0 Å². The number of rotatable bonds is 3. The molecule has 0 radical (unpaired) electrons. The van der Waals surface area contributed by atoms with Crippen LogP contribution in [-0.4, -0.2) is 13.4 Å². The highest BCUT2D eigenvalue weighted by Crippen LogP contribution is 2.27. The van der Waals surface area contributed by atoms with Crippen molar-refractivity contribution in [3.8, 4) is 0 Å². The second-order valence-electron chi connectivity index (χ2n) is 3.76. The van der Waals surface area contributed by atoms with Crippen LogP contribution in [0.4, 0.5) is 20.3 Å². The average Bonchev–Trinajstić information content (AvgIpc) is 2.33. The van der Waals surface area contributed by atoms with E-state index in [1.165, 1.54) is 12.1 Å². The van der Waals surface area contributed by atoms with Crippen LogP contribution in [0.15, 0.2) is 39.7 Å². The molecule has 0 aliphatic rings. The van der Waals surface area contributed by atoms with Gasteiger partial charge in [0.2, 0.25) is 5.95 Å². The first-order chi connectivity index (χ1) is 9.29. The number of nitrogen functional groups attached to an aromatic ring is 1. The van der Waals surface area contributed by atoms with Crippen molar-refractivity contribution in [3.63, 3.8) is 0 Å². The quantitative estimate of drug-likeness (QED) is 0.648. The normalized spacial score (nSPS) is 11.3. The highest BCUT2D eigenvalue weighted by atomic mass is 79.9. The van der Waals surface area contributed by atoms with Gasteiger partial charge in [-0.2, -0.15) is 4.39 Å². The van der Waals surface area contributed by atoms with Crippen molar-refractivity contribution in [1.82, 2.24) is 4.98 Å². The number of nitrogens with one attached hydrogen (secondary N) is 1. The first-order valence-corrected chi connectivity index (χ1v) is 7.47. The Hall–Kier alpha value is -1.74. The van der Waals surface area contributed by atoms with Gasteiger partial charge in [0.1, 0.15) is 16.5 Å². The molecule has 0 spiro atoms. The second-order valence-corrected chi connectivity index (χ2v) is 6.26. The third-order valence-electron chi connectivity index (χ3n) is 2.30. The zero-order chi connectivity index (χ0) is 14.9. The standard InChI is InChI=1S/C11H8BrF2N3O2S/c12-6-4-9(8(15)5-7(6)13)20(18,19)17-11-3-1-2-10(14)16-11/h1-5H,15H2,(H,16,17). The highest BCUT2D eigenvalue weighted by molar-refractivity contribution is 9.10. The van der Waals surface area contributed by atoms with Crippen molar-refractivity contribution in [2.45, 2.75) is 4.90 Å². The smallest absolute Gasteiger partial charge is 0.265 e. The lowest BCUT2D eigenvalue weighted by Crippen LogP contribution is -2.16. The van der Waals surface area contributed by atoms with E-state index in [0.29, 0.717) is 0 Å². The van der Waals surface area contributed by atoms with Crippen LogP contribution in [0, 0.1) is 11.8 Å². The lowest BCUT2D eigenvalue weighted by molar-refractivity contribution is 0.584. The van der Waals surface area contributed by atoms with Crippen LogP contribution in [0.25, 0.3) is 0 Å². The molecule has 9 heteroatoms. The number of nitrogens with two attached hydrogens (primary N) is 1. The topological polar surface area (TPSA) is 85.1 Å². The van der Waals surface area contributed by atoms with Crippen LogP contribution >= 0.6 is 15.9 Å². The molecule has 0 saturated heterocycles. The molecule has 3 N–H and O–H groups in total. The number of benzene rings is 1. The largest absolute Gasteiger partial charge is 0.398 e. The average molecular weight is 364 g/mol. The molecule has 5 nitrogen and oxygen atoms in total. The van der Waals surface area contributed by atoms with Crippen molar-refractivity contribution in [2.75, 3.05) is 10.5 Å². The van der Waals surface area contributed by atoms with Gasteiger partial charge in [-0.25, -0.2) is 17.8 Å². The Morgan fingerprint density at radius 3 is 2.60 bits per heavy atom. The van der Waals surface area contributed by atoms with Crippen molar-refractivity contribution < 1.29 is 17.2 Å². The Morgan fingerprint density at radius 2 is 1.95 bits per heavy atom. The Balaban J connectivity index is 2.43. The van der Waals surface area contributed by atoms with E-state index in [2.05, 4.69) is 25.6 Å². The molecule has 2 rings (SSSR count). The SMILES string of the molecule is Nc1cc(F)c(Br)cc1S(=O)(=O)Nc1cccc(F)n1. The summed E-state index contributed by atoms with van der Waals surface area (Å²) in [6.07, 6.45) is 0. The van der Waals surface area contributed by atoms with Crippen LogP contribution < -0.4 is 10.5 Å². The maximum atomic E-state index is 13.2. The molecule has 106 valence electrons. The Kier molecular flexibility index (Phi) is 3.91. The van der Waals surface area contributed by atoms with Crippen LogP contribution in [-0.2, 0) is 10.0 Å². The molecule has 0 aliphatic carbocycles. The van der Waals surface area contributed by atoms with Crippen molar-refractivity contribution in [2.24, 2.45) is 0 Å². The number of pyridine rings is 1. The van der Waals surface area contributed by atoms with Gasteiger partial charge in [0.05, 0.1) is 10.2 Å². The van der Waals surface area contributed by atoms with Gasteiger partial charge in [-0.3, -0.25) is 4.72 Å². The summed E-state index contributed by atoms with van der Waals surface area (Å²) in [6.45, 7) is 0. The summed E-state index contributed by atoms with van der Waals surface area (Å²) in [5, 5.41) is 0. The van der Waals surface area contributed by atoms with E-state index in [1.807, 2.05) is 0 Å². The maximum Gasteiger partial charge on any atom is 0.265 e. The van der Waals surface area contributed by atoms with E-state index in [0.717, 1.165) is 18.2 Å². The number of hydrogen-bond donors (Lipinski definition) is 2. The minimum absolute atomic E-state index is 0.0562. The van der Waals surface area contributed by atoms with Crippen molar-refractivity contribution in [3.05, 3.63) is 46.6 Å². The molecule has 2 aromatic rings. The van der Waals surface area contributed by atoms with E-state index in [9.17, 15) is 17.2 Å². The monoisotopic (exact) mass is 363 g/mol. The molecule has 1 aromatic heterocycles. The number of halogens is 3. The third-order valence-corrected chi connectivity index (χ3v) is 4.31. The number of anilines is 2. The first kappa shape index (κ1) is 14.7. The Morgan fingerprint density at radius 1 is 1.25 bits per heavy atom. The molecule has 0 amide bonds. The first-order valence-electron chi connectivity index (χ1n) is 5.19. The fourth-order valence-electron chi connectivity index (χ4n) is 1.43. The van der Waals surface area contributed by atoms with Gasteiger partial charge < -0.3 is 5.73 Å². The molecule has 20 heavy (non-hydrogen) atoms. The maximum absolute atomic E-state index is 13.2. The van der Waals surface area contributed by atoms with Gasteiger partial charge in [-0.1, -0.05) is 6.07 Å². The fraction of sp³-hybridized carbons (Fsp3) is 0. The summed E-state index contributed by atoms with van der Waals surface area (Å²) in [5.74, 6) is -1.73. The minimum Gasteiger partial charge on any atom is -0.398 e.